The lowest BCUT2D eigenvalue weighted by Crippen LogP contribution is -2.50. The molecular weight excluding hydrogens is 328 g/mol. The fourth-order valence-electron chi connectivity index (χ4n) is 4.97. The molecule has 5 heteroatoms. The normalized spacial score (nSPS) is 29.2. The van der Waals surface area contributed by atoms with Gasteiger partial charge < -0.3 is 15.4 Å². The summed E-state index contributed by atoms with van der Waals surface area (Å²) in [4.78, 5) is 25.9. The van der Waals surface area contributed by atoms with Crippen LogP contribution >= 0.6 is 0 Å². The number of carbonyl (C=O) groups is 2. The van der Waals surface area contributed by atoms with E-state index >= 15 is 0 Å². The highest BCUT2D eigenvalue weighted by molar-refractivity contribution is 6.06. The van der Waals surface area contributed by atoms with Gasteiger partial charge in [0.1, 0.15) is 17.3 Å². The second-order valence-corrected chi connectivity index (χ2v) is 8.15. The Balaban J connectivity index is 1.53. The maximum absolute atomic E-state index is 13.2. The van der Waals surface area contributed by atoms with Crippen molar-refractivity contribution in [3.8, 4) is 5.75 Å². The molecule has 140 valence electrons. The van der Waals surface area contributed by atoms with Crippen LogP contribution in [-0.2, 0) is 16.0 Å². The number of nitrogens with one attached hydrogen (secondary N) is 2. The van der Waals surface area contributed by atoms with Crippen LogP contribution in [0.1, 0.15) is 63.1 Å². The van der Waals surface area contributed by atoms with Gasteiger partial charge in [0.25, 0.3) is 0 Å². The summed E-state index contributed by atoms with van der Waals surface area (Å²) in [5.41, 5.74) is 1.38. The fourth-order valence-corrected chi connectivity index (χ4v) is 4.97. The van der Waals surface area contributed by atoms with Gasteiger partial charge in [-0.3, -0.25) is 9.59 Å². The second-order valence-electron chi connectivity index (χ2n) is 8.15. The molecule has 1 aromatic carbocycles. The fraction of sp³-hybridized carbons (Fsp3) is 0.619. The minimum Gasteiger partial charge on any atom is -0.490 e. The molecule has 3 atom stereocenters. The highest BCUT2D eigenvalue weighted by Gasteiger charge is 2.55. The highest BCUT2D eigenvalue weighted by atomic mass is 16.5. The molecule has 0 aromatic heterocycles. The van der Waals surface area contributed by atoms with Crippen molar-refractivity contribution in [2.75, 3.05) is 6.54 Å². The van der Waals surface area contributed by atoms with Gasteiger partial charge >= 0.3 is 0 Å². The summed E-state index contributed by atoms with van der Waals surface area (Å²) in [5.74, 6) is 0.936. The number of amides is 2. The van der Waals surface area contributed by atoms with E-state index < -0.39 is 5.41 Å². The van der Waals surface area contributed by atoms with Crippen molar-refractivity contribution in [3.63, 3.8) is 0 Å². The molecule has 2 fully saturated rings. The number of benzene rings is 1. The molecule has 2 unspecified atom stereocenters. The van der Waals surface area contributed by atoms with Crippen molar-refractivity contribution in [1.29, 1.82) is 0 Å². The van der Waals surface area contributed by atoms with Crippen LogP contribution in [0.3, 0.4) is 0 Å². The first-order chi connectivity index (χ1) is 12.5. The van der Waals surface area contributed by atoms with Crippen LogP contribution in [0.5, 0.6) is 5.75 Å². The monoisotopic (exact) mass is 356 g/mol. The van der Waals surface area contributed by atoms with E-state index in [1.165, 1.54) is 5.56 Å². The SMILES string of the molecule is CC1Cc2cc([C@H](C)NC(=O)C3(C4CCCC4)CCNC3=O)ccc2O1. The van der Waals surface area contributed by atoms with Gasteiger partial charge in [-0.05, 0) is 62.3 Å². The first-order valence-electron chi connectivity index (χ1n) is 9.89. The third kappa shape index (κ3) is 2.78. The molecule has 3 aliphatic rings. The first-order valence-corrected chi connectivity index (χ1v) is 9.89. The number of ether oxygens (including phenoxy) is 1. The standard InChI is InChI=1S/C21H28N2O3/c1-13-11-16-12-15(7-8-18(16)26-13)14(2)23-20(25)21(9-10-22-19(21)24)17-5-3-4-6-17/h7-8,12-14,17H,3-6,9-11H2,1-2H3,(H,22,24)(H,23,25)/t13?,14-,21?/m0/s1. The minimum atomic E-state index is -0.876. The number of rotatable bonds is 4. The Morgan fingerprint density at radius 2 is 2.12 bits per heavy atom. The van der Waals surface area contributed by atoms with Crippen LogP contribution in [0.15, 0.2) is 18.2 Å². The van der Waals surface area contributed by atoms with E-state index in [9.17, 15) is 9.59 Å². The van der Waals surface area contributed by atoms with Crippen LogP contribution in [0, 0.1) is 11.3 Å². The van der Waals surface area contributed by atoms with Gasteiger partial charge in [0.2, 0.25) is 11.8 Å². The summed E-state index contributed by atoms with van der Waals surface area (Å²) in [6.07, 6.45) is 5.91. The lowest BCUT2D eigenvalue weighted by Gasteiger charge is -2.32. The summed E-state index contributed by atoms with van der Waals surface area (Å²) in [6, 6.07) is 6.00. The van der Waals surface area contributed by atoms with Crippen molar-refractivity contribution in [2.24, 2.45) is 11.3 Å². The number of hydrogen-bond acceptors (Lipinski definition) is 3. The molecule has 1 saturated heterocycles. The van der Waals surface area contributed by atoms with Crippen LogP contribution in [0.4, 0.5) is 0 Å². The zero-order valence-corrected chi connectivity index (χ0v) is 15.6. The molecule has 2 heterocycles. The molecule has 0 spiro atoms. The Labute approximate surface area is 154 Å². The van der Waals surface area contributed by atoms with Crippen molar-refractivity contribution in [3.05, 3.63) is 29.3 Å². The smallest absolute Gasteiger partial charge is 0.236 e. The predicted octanol–water partition coefficient (Wildman–Crippen LogP) is 2.88. The third-order valence-electron chi connectivity index (χ3n) is 6.44. The number of hydrogen-bond donors (Lipinski definition) is 2. The van der Waals surface area contributed by atoms with E-state index in [0.717, 1.165) is 43.4 Å². The summed E-state index contributed by atoms with van der Waals surface area (Å²) >= 11 is 0. The Hall–Kier alpha value is -2.04. The number of fused-ring (bicyclic) bond motifs is 1. The second kappa shape index (κ2) is 6.60. The van der Waals surface area contributed by atoms with Gasteiger partial charge in [0.15, 0.2) is 0 Å². The predicted molar refractivity (Wildman–Crippen MR) is 98.8 cm³/mol. The molecule has 0 radical (unpaired) electrons. The average molecular weight is 356 g/mol. The van der Waals surface area contributed by atoms with Crippen molar-refractivity contribution < 1.29 is 14.3 Å². The molecule has 5 nitrogen and oxygen atoms in total. The number of carbonyl (C=O) groups excluding carboxylic acids is 2. The minimum absolute atomic E-state index is 0.0784. The van der Waals surface area contributed by atoms with Crippen LogP contribution in [0.2, 0.25) is 0 Å². The largest absolute Gasteiger partial charge is 0.490 e. The Morgan fingerprint density at radius 1 is 1.35 bits per heavy atom. The molecule has 1 saturated carbocycles. The van der Waals surface area contributed by atoms with Gasteiger partial charge in [-0.15, -0.1) is 0 Å². The third-order valence-corrected chi connectivity index (χ3v) is 6.44. The van der Waals surface area contributed by atoms with E-state index in [0.29, 0.717) is 13.0 Å². The molecule has 2 N–H and O–H groups in total. The maximum Gasteiger partial charge on any atom is 0.236 e. The molecule has 2 aliphatic heterocycles. The van der Waals surface area contributed by atoms with E-state index in [2.05, 4.69) is 23.6 Å². The van der Waals surface area contributed by atoms with Crippen molar-refractivity contribution in [2.45, 2.75) is 64.5 Å². The van der Waals surface area contributed by atoms with Crippen LogP contribution in [-0.4, -0.2) is 24.5 Å². The Kier molecular flexibility index (Phi) is 4.41. The molecule has 2 amide bonds. The Bertz CT molecular complexity index is 726. The first kappa shape index (κ1) is 17.4. The highest BCUT2D eigenvalue weighted by Crippen LogP contribution is 2.45. The van der Waals surface area contributed by atoms with E-state index in [1.54, 1.807) is 0 Å². The lowest BCUT2D eigenvalue weighted by molar-refractivity contribution is -0.145. The summed E-state index contributed by atoms with van der Waals surface area (Å²) in [5, 5.41) is 6.05. The summed E-state index contributed by atoms with van der Waals surface area (Å²) < 4.78 is 5.76. The van der Waals surface area contributed by atoms with E-state index in [4.69, 9.17) is 4.74 Å². The molecule has 26 heavy (non-hydrogen) atoms. The van der Waals surface area contributed by atoms with E-state index in [-0.39, 0.29) is 29.9 Å². The molecule has 1 aliphatic carbocycles. The molecule has 4 rings (SSSR count). The van der Waals surface area contributed by atoms with Crippen LogP contribution < -0.4 is 15.4 Å². The van der Waals surface area contributed by atoms with Gasteiger partial charge in [0, 0.05) is 13.0 Å². The molecular formula is C21H28N2O3. The van der Waals surface area contributed by atoms with Gasteiger partial charge in [-0.2, -0.15) is 0 Å². The zero-order chi connectivity index (χ0) is 18.3. The molecule has 1 aromatic rings. The van der Waals surface area contributed by atoms with Gasteiger partial charge in [-0.1, -0.05) is 18.9 Å². The van der Waals surface area contributed by atoms with Crippen molar-refractivity contribution >= 4 is 11.8 Å². The zero-order valence-electron chi connectivity index (χ0n) is 15.6. The average Bonchev–Trinajstić information content (AvgIpc) is 3.32. The van der Waals surface area contributed by atoms with Gasteiger partial charge in [0.05, 0.1) is 6.04 Å². The Morgan fingerprint density at radius 3 is 2.81 bits per heavy atom. The van der Waals surface area contributed by atoms with Gasteiger partial charge in [-0.25, -0.2) is 0 Å². The quantitative estimate of drug-likeness (QED) is 0.815. The maximum atomic E-state index is 13.2. The molecule has 0 bridgehead atoms. The lowest BCUT2D eigenvalue weighted by atomic mass is 9.72. The van der Waals surface area contributed by atoms with Crippen molar-refractivity contribution in [1.82, 2.24) is 10.6 Å². The summed E-state index contributed by atoms with van der Waals surface area (Å²) in [7, 11) is 0. The van der Waals surface area contributed by atoms with E-state index in [1.807, 2.05) is 19.1 Å². The van der Waals surface area contributed by atoms with Crippen LogP contribution in [0.25, 0.3) is 0 Å². The topological polar surface area (TPSA) is 67.4 Å². The summed E-state index contributed by atoms with van der Waals surface area (Å²) in [6.45, 7) is 4.66.